The van der Waals surface area contributed by atoms with Gasteiger partial charge < -0.3 is 10.6 Å². The maximum absolute atomic E-state index is 11.6. The van der Waals surface area contributed by atoms with Gasteiger partial charge >= 0.3 is 0 Å². The lowest BCUT2D eigenvalue weighted by Crippen LogP contribution is -2.36. The molecule has 1 saturated heterocycles. The van der Waals surface area contributed by atoms with Crippen molar-refractivity contribution in [3.05, 3.63) is 70.8 Å². The van der Waals surface area contributed by atoms with E-state index in [2.05, 4.69) is 49.5 Å². The van der Waals surface area contributed by atoms with Crippen molar-refractivity contribution in [2.75, 3.05) is 27.2 Å². The van der Waals surface area contributed by atoms with Crippen LogP contribution in [0.2, 0.25) is 0 Å². The highest BCUT2D eigenvalue weighted by Crippen LogP contribution is 2.13. The van der Waals surface area contributed by atoms with Crippen molar-refractivity contribution in [2.24, 2.45) is 4.99 Å². The van der Waals surface area contributed by atoms with E-state index in [0.717, 1.165) is 23.6 Å². The molecule has 0 saturated carbocycles. The number of hydrogen-bond donors (Lipinski definition) is 3. The Hall–Kier alpha value is -2.42. The molecule has 7 nitrogen and oxygen atoms in total. The van der Waals surface area contributed by atoms with Crippen molar-refractivity contribution in [1.82, 2.24) is 20.3 Å². The van der Waals surface area contributed by atoms with Crippen LogP contribution in [0.25, 0.3) is 0 Å². The average Bonchev–Trinajstić information content (AvgIpc) is 3.29. The lowest BCUT2D eigenvalue weighted by molar-refractivity contribution is 0.331. The molecule has 1 aliphatic heterocycles. The molecule has 1 heterocycles. The fourth-order valence-corrected chi connectivity index (χ4v) is 4.37. The molecular weight excluding hydrogens is 410 g/mol. The Morgan fingerprint density at radius 1 is 0.871 bits per heavy atom. The third kappa shape index (κ3) is 7.65. The molecule has 0 amide bonds. The molecule has 0 aromatic heterocycles. The minimum atomic E-state index is -3.25. The summed E-state index contributed by atoms with van der Waals surface area (Å²) in [7, 11) is -0.0789. The predicted octanol–water partition coefficient (Wildman–Crippen LogP) is 2.20. The molecule has 168 valence electrons. The van der Waals surface area contributed by atoms with Gasteiger partial charge in [0.1, 0.15) is 0 Å². The van der Waals surface area contributed by atoms with Gasteiger partial charge in [-0.1, -0.05) is 48.5 Å². The van der Waals surface area contributed by atoms with Crippen molar-refractivity contribution < 1.29 is 8.42 Å². The SMILES string of the molecule is CN=C(NCc1ccc(CN2CCCC2)cc1)NCc1ccc(CS(=O)(=O)NC)cc1. The molecule has 0 bridgehead atoms. The quantitative estimate of drug-likeness (QED) is 0.409. The number of nitrogens with one attached hydrogen (secondary N) is 3. The average molecular weight is 444 g/mol. The third-order valence-corrected chi connectivity index (χ3v) is 6.80. The molecule has 2 aromatic carbocycles. The number of hydrogen-bond acceptors (Lipinski definition) is 4. The Labute approximate surface area is 186 Å². The lowest BCUT2D eigenvalue weighted by atomic mass is 10.1. The first-order valence-electron chi connectivity index (χ1n) is 10.7. The second-order valence-electron chi connectivity index (χ2n) is 7.86. The van der Waals surface area contributed by atoms with Gasteiger partial charge in [0, 0.05) is 26.7 Å². The largest absolute Gasteiger partial charge is 0.352 e. The van der Waals surface area contributed by atoms with Gasteiger partial charge in [-0.15, -0.1) is 0 Å². The van der Waals surface area contributed by atoms with E-state index in [1.807, 2.05) is 24.3 Å². The Bertz CT molecular complexity index is 950. The maximum Gasteiger partial charge on any atom is 0.215 e. The smallest absolute Gasteiger partial charge is 0.215 e. The predicted molar refractivity (Wildman–Crippen MR) is 126 cm³/mol. The van der Waals surface area contributed by atoms with Crippen LogP contribution in [0.3, 0.4) is 0 Å². The molecule has 1 aliphatic rings. The molecule has 3 rings (SSSR count). The highest BCUT2D eigenvalue weighted by atomic mass is 32.2. The van der Waals surface area contributed by atoms with E-state index < -0.39 is 10.0 Å². The molecule has 0 aliphatic carbocycles. The minimum Gasteiger partial charge on any atom is -0.352 e. The number of sulfonamides is 1. The Kier molecular flexibility index (Phi) is 8.45. The normalized spacial score (nSPS) is 15.2. The van der Waals surface area contributed by atoms with Crippen LogP contribution in [0.15, 0.2) is 53.5 Å². The first-order chi connectivity index (χ1) is 15.0. The summed E-state index contributed by atoms with van der Waals surface area (Å²) in [6.07, 6.45) is 2.63. The molecule has 1 fully saturated rings. The first kappa shape index (κ1) is 23.2. The van der Waals surface area contributed by atoms with Gasteiger partial charge in [-0.2, -0.15) is 0 Å². The summed E-state index contributed by atoms with van der Waals surface area (Å²) in [5.74, 6) is 0.708. The van der Waals surface area contributed by atoms with Crippen LogP contribution in [0.5, 0.6) is 0 Å². The van der Waals surface area contributed by atoms with Crippen LogP contribution in [0.4, 0.5) is 0 Å². The van der Waals surface area contributed by atoms with Crippen LogP contribution in [-0.2, 0) is 35.4 Å². The molecule has 31 heavy (non-hydrogen) atoms. The van der Waals surface area contributed by atoms with E-state index in [-0.39, 0.29) is 5.75 Å². The highest BCUT2D eigenvalue weighted by molar-refractivity contribution is 7.88. The van der Waals surface area contributed by atoms with Gasteiger partial charge in [0.15, 0.2) is 5.96 Å². The van der Waals surface area contributed by atoms with Crippen LogP contribution in [-0.4, -0.2) is 46.5 Å². The van der Waals surface area contributed by atoms with Gasteiger partial charge in [0.25, 0.3) is 0 Å². The second-order valence-corrected chi connectivity index (χ2v) is 9.79. The van der Waals surface area contributed by atoms with Crippen molar-refractivity contribution in [3.8, 4) is 0 Å². The number of guanidine groups is 1. The standard InChI is InChI=1S/C23H33N5O2S/c1-24-23(27-16-20-7-11-22(12-8-20)18-31(29,30)25-2)26-15-19-5-9-21(10-6-19)17-28-13-3-4-14-28/h5-12,25H,3-4,13-18H2,1-2H3,(H2,24,26,27). The monoisotopic (exact) mass is 443 g/mol. The van der Waals surface area contributed by atoms with Gasteiger partial charge in [-0.3, -0.25) is 9.89 Å². The van der Waals surface area contributed by atoms with Crippen molar-refractivity contribution in [2.45, 2.75) is 38.2 Å². The minimum absolute atomic E-state index is 0.0166. The van der Waals surface area contributed by atoms with E-state index in [4.69, 9.17) is 0 Å². The summed E-state index contributed by atoms with van der Waals surface area (Å²) >= 11 is 0. The van der Waals surface area contributed by atoms with Crippen LogP contribution < -0.4 is 15.4 Å². The summed E-state index contributed by atoms with van der Waals surface area (Å²) in [5.41, 5.74) is 4.39. The molecule has 0 radical (unpaired) electrons. The fraction of sp³-hybridized carbons (Fsp3) is 0.435. The second kappa shape index (κ2) is 11.3. The number of nitrogens with zero attached hydrogens (tertiary/aromatic N) is 2. The molecule has 8 heteroatoms. The third-order valence-electron chi connectivity index (χ3n) is 5.46. The summed E-state index contributed by atoms with van der Waals surface area (Å²) in [6, 6.07) is 16.3. The first-order valence-corrected chi connectivity index (χ1v) is 12.4. The molecule has 0 atom stereocenters. The molecule has 3 N–H and O–H groups in total. The van der Waals surface area contributed by atoms with Gasteiger partial charge in [0.2, 0.25) is 10.0 Å². The number of aliphatic imine (C=N–C) groups is 1. The van der Waals surface area contributed by atoms with E-state index in [1.54, 1.807) is 7.05 Å². The van der Waals surface area contributed by atoms with Crippen molar-refractivity contribution in [3.63, 3.8) is 0 Å². The van der Waals surface area contributed by atoms with E-state index >= 15 is 0 Å². The van der Waals surface area contributed by atoms with E-state index in [9.17, 15) is 8.42 Å². The Balaban J connectivity index is 1.44. The summed E-state index contributed by atoms with van der Waals surface area (Å²) < 4.78 is 25.6. The lowest BCUT2D eigenvalue weighted by Gasteiger charge is -2.15. The zero-order valence-electron chi connectivity index (χ0n) is 18.4. The van der Waals surface area contributed by atoms with E-state index in [0.29, 0.717) is 13.1 Å². The van der Waals surface area contributed by atoms with Crippen molar-refractivity contribution >= 4 is 16.0 Å². The molecule has 2 aromatic rings. The summed E-state index contributed by atoms with van der Waals surface area (Å²) in [5, 5.41) is 6.64. The maximum atomic E-state index is 11.6. The zero-order valence-corrected chi connectivity index (χ0v) is 19.2. The van der Waals surface area contributed by atoms with Crippen LogP contribution >= 0.6 is 0 Å². The van der Waals surface area contributed by atoms with Crippen LogP contribution in [0, 0.1) is 0 Å². The van der Waals surface area contributed by atoms with Gasteiger partial charge in [-0.05, 0) is 55.2 Å². The highest BCUT2D eigenvalue weighted by Gasteiger charge is 2.11. The molecule has 0 unspecified atom stereocenters. The van der Waals surface area contributed by atoms with E-state index in [1.165, 1.54) is 44.1 Å². The number of benzene rings is 2. The van der Waals surface area contributed by atoms with Crippen molar-refractivity contribution in [1.29, 1.82) is 0 Å². The fourth-order valence-electron chi connectivity index (χ4n) is 3.60. The number of rotatable bonds is 9. The Morgan fingerprint density at radius 2 is 1.35 bits per heavy atom. The van der Waals surface area contributed by atoms with Gasteiger partial charge in [-0.25, -0.2) is 13.1 Å². The topological polar surface area (TPSA) is 85.8 Å². The molecular formula is C23H33N5O2S. The number of likely N-dealkylation sites (tertiary alicyclic amines) is 1. The summed E-state index contributed by atoms with van der Waals surface area (Å²) in [4.78, 5) is 6.79. The summed E-state index contributed by atoms with van der Waals surface area (Å²) in [6.45, 7) is 4.76. The zero-order chi connectivity index (χ0) is 22.1. The van der Waals surface area contributed by atoms with Crippen LogP contribution in [0.1, 0.15) is 35.1 Å². The molecule has 0 spiro atoms. The van der Waals surface area contributed by atoms with Gasteiger partial charge in [0.05, 0.1) is 5.75 Å². The Morgan fingerprint density at radius 3 is 1.84 bits per heavy atom.